The number of hydrogen-bond donors (Lipinski definition) is 1. The van der Waals surface area contributed by atoms with E-state index in [-0.39, 0.29) is 5.92 Å². The highest BCUT2D eigenvalue weighted by atomic mass is 35.5. The SMILES string of the molecule is Cc1ccc(NCC(C#N)c2ccccc2)cc1Cl. The molecule has 3 heteroatoms. The van der Waals surface area contributed by atoms with Gasteiger partial charge in [-0.1, -0.05) is 48.0 Å². The number of anilines is 1. The van der Waals surface area contributed by atoms with Gasteiger partial charge < -0.3 is 5.32 Å². The summed E-state index contributed by atoms with van der Waals surface area (Å²) in [5, 5.41) is 13.2. The molecule has 0 saturated carbocycles. The molecule has 0 heterocycles. The summed E-state index contributed by atoms with van der Waals surface area (Å²) in [4.78, 5) is 0. The van der Waals surface area contributed by atoms with Crippen molar-refractivity contribution >= 4 is 17.3 Å². The molecule has 0 aliphatic carbocycles. The van der Waals surface area contributed by atoms with Crippen LogP contribution in [0.3, 0.4) is 0 Å². The molecule has 1 unspecified atom stereocenters. The molecule has 0 saturated heterocycles. The molecule has 0 bridgehead atoms. The van der Waals surface area contributed by atoms with E-state index in [9.17, 15) is 5.26 Å². The van der Waals surface area contributed by atoms with Crippen molar-refractivity contribution in [3.8, 4) is 6.07 Å². The smallest absolute Gasteiger partial charge is 0.0885 e. The van der Waals surface area contributed by atoms with Crippen LogP contribution >= 0.6 is 11.6 Å². The summed E-state index contributed by atoms with van der Waals surface area (Å²) in [6.07, 6.45) is 0. The zero-order valence-electron chi connectivity index (χ0n) is 10.7. The molecule has 2 nitrogen and oxygen atoms in total. The molecule has 2 aromatic rings. The summed E-state index contributed by atoms with van der Waals surface area (Å²) in [5.41, 5.74) is 3.01. The van der Waals surface area contributed by atoms with Gasteiger partial charge in [-0.2, -0.15) is 5.26 Å². The highest BCUT2D eigenvalue weighted by molar-refractivity contribution is 6.31. The van der Waals surface area contributed by atoms with Crippen LogP contribution in [0.2, 0.25) is 5.02 Å². The normalized spacial score (nSPS) is 11.6. The van der Waals surface area contributed by atoms with Crippen molar-refractivity contribution in [3.05, 3.63) is 64.7 Å². The Morgan fingerprint density at radius 2 is 1.95 bits per heavy atom. The van der Waals surface area contributed by atoms with E-state index in [1.54, 1.807) is 0 Å². The van der Waals surface area contributed by atoms with E-state index in [1.165, 1.54) is 0 Å². The van der Waals surface area contributed by atoms with Crippen LogP contribution in [0.15, 0.2) is 48.5 Å². The number of nitrogens with one attached hydrogen (secondary N) is 1. The standard InChI is InChI=1S/C16H15ClN2/c1-12-7-8-15(9-16(12)17)19-11-14(10-18)13-5-3-2-4-6-13/h2-9,14,19H,11H2,1H3. The second kappa shape index (κ2) is 6.26. The van der Waals surface area contributed by atoms with Crippen LogP contribution < -0.4 is 5.32 Å². The number of rotatable bonds is 4. The third-order valence-electron chi connectivity index (χ3n) is 3.04. The first-order valence-corrected chi connectivity index (χ1v) is 6.53. The van der Waals surface area contributed by atoms with Crippen LogP contribution in [-0.2, 0) is 0 Å². The predicted molar refractivity (Wildman–Crippen MR) is 79.5 cm³/mol. The second-order valence-corrected chi connectivity index (χ2v) is 4.84. The Labute approximate surface area is 118 Å². The van der Waals surface area contributed by atoms with E-state index < -0.39 is 0 Å². The van der Waals surface area contributed by atoms with Gasteiger partial charge in [0.2, 0.25) is 0 Å². The summed E-state index contributed by atoms with van der Waals surface area (Å²) in [7, 11) is 0. The minimum atomic E-state index is -0.165. The monoisotopic (exact) mass is 270 g/mol. The maximum absolute atomic E-state index is 9.24. The summed E-state index contributed by atoms with van der Waals surface area (Å²) >= 11 is 6.08. The summed E-state index contributed by atoms with van der Waals surface area (Å²) in [5.74, 6) is -0.165. The number of hydrogen-bond acceptors (Lipinski definition) is 2. The van der Waals surface area contributed by atoms with Gasteiger partial charge in [-0.25, -0.2) is 0 Å². The summed E-state index contributed by atoms with van der Waals surface area (Å²) in [6.45, 7) is 2.54. The topological polar surface area (TPSA) is 35.8 Å². The molecular formula is C16H15ClN2. The highest BCUT2D eigenvalue weighted by Crippen LogP contribution is 2.21. The van der Waals surface area contributed by atoms with Gasteiger partial charge in [-0.3, -0.25) is 0 Å². The molecule has 0 amide bonds. The van der Waals surface area contributed by atoms with Crippen LogP contribution in [0.4, 0.5) is 5.69 Å². The Kier molecular flexibility index (Phi) is 4.43. The van der Waals surface area contributed by atoms with Crippen molar-refractivity contribution in [2.24, 2.45) is 0 Å². The Morgan fingerprint density at radius 1 is 1.21 bits per heavy atom. The van der Waals surface area contributed by atoms with Crippen LogP contribution in [0.25, 0.3) is 0 Å². The maximum Gasteiger partial charge on any atom is 0.0885 e. The fraction of sp³-hybridized carbons (Fsp3) is 0.188. The summed E-state index contributed by atoms with van der Waals surface area (Å²) < 4.78 is 0. The predicted octanol–water partition coefficient (Wildman–Crippen LogP) is 4.37. The van der Waals surface area contributed by atoms with Crippen molar-refractivity contribution < 1.29 is 0 Å². The third kappa shape index (κ3) is 3.49. The molecule has 0 spiro atoms. The molecule has 1 atom stereocenters. The zero-order chi connectivity index (χ0) is 13.7. The first kappa shape index (κ1) is 13.5. The molecular weight excluding hydrogens is 256 g/mol. The molecule has 0 aromatic heterocycles. The van der Waals surface area contributed by atoms with Gasteiger partial charge in [0, 0.05) is 17.3 Å². The van der Waals surface area contributed by atoms with Crippen LogP contribution in [0, 0.1) is 18.3 Å². The molecule has 2 rings (SSSR count). The largest absolute Gasteiger partial charge is 0.383 e. The van der Waals surface area contributed by atoms with Crippen LogP contribution in [0.1, 0.15) is 17.0 Å². The average molecular weight is 271 g/mol. The molecule has 0 aliphatic heterocycles. The molecule has 19 heavy (non-hydrogen) atoms. The van der Waals surface area contributed by atoms with E-state index in [1.807, 2.05) is 55.5 Å². The minimum Gasteiger partial charge on any atom is -0.383 e. The number of benzene rings is 2. The van der Waals surface area contributed by atoms with Crippen LogP contribution in [-0.4, -0.2) is 6.54 Å². The van der Waals surface area contributed by atoms with Gasteiger partial charge in [-0.15, -0.1) is 0 Å². The van der Waals surface area contributed by atoms with Gasteiger partial charge in [0.05, 0.1) is 12.0 Å². The Morgan fingerprint density at radius 3 is 2.58 bits per heavy atom. The molecule has 0 aliphatic rings. The Balaban J connectivity index is 2.05. The summed E-state index contributed by atoms with van der Waals surface area (Å²) in [6, 6.07) is 17.9. The third-order valence-corrected chi connectivity index (χ3v) is 3.45. The first-order valence-electron chi connectivity index (χ1n) is 6.15. The molecule has 2 aromatic carbocycles. The minimum absolute atomic E-state index is 0.165. The molecule has 96 valence electrons. The number of halogens is 1. The lowest BCUT2D eigenvalue weighted by Gasteiger charge is -2.12. The van der Waals surface area contributed by atoms with Crippen molar-refractivity contribution in [2.75, 3.05) is 11.9 Å². The van der Waals surface area contributed by atoms with Crippen molar-refractivity contribution in [3.63, 3.8) is 0 Å². The average Bonchev–Trinajstić information content (AvgIpc) is 2.44. The number of nitriles is 1. The van der Waals surface area contributed by atoms with Gasteiger partial charge >= 0.3 is 0 Å². The lowest BCUT2D eigenvalue weighted by atomic mass is 10.0. The van der Waals surface area contributed by atoms with E-state index in [0.717, 1.165) is 21.8 Å². The Hall–Kier alpha value is -1.98. The van der Waals surface area contributed by atoms with Gasteiger partial charge in [0.25, 0.3) is 0 Å². The lowest BCUT2D eigenvalue weighted by molar-refractivity contribution is 0.901. The fourth-order valence-corrected chi connectivity index (χ4v) is 2.03. The fourth-order valence-electron chi connectivity index (χ4n) is 1.85. The second-order valence-electron chi connectivity index (χ2n) is 4.44. The van der Waals surface area contributed by atoms with E-state index >= 15 is 0 Å². The first-order chi connectivity index (χ1) is 9.20. The molecule has 1 N–H and O–H groups in total. The van der Waals surface area contributed by atoms with Gasteiger partial charge in [0.1, 0.15) is 0 Å². The molecule has 0 radical (unpaired) electrons. The van der Waals surface area contributed by atoms with E-state index in [2.05, 4.69) is 11.4 Å². The Bertz CT molecular complexity index is 587. The number of nitrogens with zero attached hydrogens (tertiary/aromatic N) is 1. The van der Waals surface area contributed by atoms with Gasteiger partial charge in [0.15, 0.2) is 0 Å². The van der Waals surface area contributed by atoms with Gasteiger partial charge in [-0.05, 0) is 30.2 Å². The quantitative estimate of drug-likeness (QED) is 0.896. The lowest BCUT2D eigenvalue weighted by Crippen LogP contribution is -2.11. The highest BCUT2D eigenvalue weighted by Gasteiger charge is 2.09. The zero-order valence-corrected chi connectivity index (χ0v) is 11.5. The number of aryl methyl sites for hydroxylation is 1. The van der Waals surface area contributed by atoms with E-state index in [4.69, 9.17) is 11.6 Å². The van der Waals surface area contributed by atoms with Crippen molar-refractivity contribution in [1.82, 2.24) is 0 Å². The van der Waals surface area contributed by atoms with E-state index in [0.29, 0.717) is 6.54 Å². The van der Waals surface area contributed by atoms with Crippen LogP contribution in [0.5, 0.6) is 0 Å². The maximum atomic E-state index is 9.24. The van der Waals surface area contributed by atoms with Crippen molar-refractivity contribution in [2.45, 2.75) is 12.8 Å². The van der Waals surface area contributed by atoms with Crippen molar-refractivity contribution in [1.29, 1.82) is 5.26 Å². The molecule has 0 fully saturated rings.